The van der Waals surface area contributed by atoms with Gasteiger partial charge in [-0.15, -0.1) is 0 Å². The molecule has 11 heteroatoms. The van der Waals surface area contributed by atoms with Gasteiger partial charge in [0, 0.05) is 18.8 Å². The van der Waals surface area contributed by atoms with Crippen LogP contribution in [0.4, 0.5) is 10.5 Å². The van der Waals surface area contributed by atoms with Gasteiger partial charge in [-0.05, 0) is 49.6 Å². The first kappa shape index (κ1) is 25.9. The minimum absolute atomic E-state index is 0.0184. The SMILES string of the molecule is CC1CN(S(=O)(=O)c2ccc(N)cc2)C[C@H]([C@H](Cc2ccccc2)NC(=O)O[C@H]2CO[C@H]3OCC[C@H]32)O1. The number of nitrogen functional groups attached to an aromatic ring is 1. The van der Waals surface area contributed by atoms with Crippen LogP contribution in [0.3, 0.4) is 0 Å². The molecule has 0 bridgehead atoms. The topological polar surface area (TPSA) is 129 Å². The number of benzene rings is 2. The van der Waals surface area contributed by atoms with Gasteiger partial charge in [-0.2, -0.15) is 4.31 Å². The van der Waals surface area contributed by atoms with Crippen LogP contribution in [0.15, 0.2) is 59.5 Å². The summed E-state index contributed by atoms with van der Waals surface area (Å²) in [7, 11) is -3.78. The number of carbonyl (C=O) groups excluding carboxylic acids is 1. The second-order valence-electron chi connectivity index (χ2n) is 9.79. The molecule has 0 radical (unpaired) electrons. The van der Waals surface area contributed by atoms with Gasteiger partial charge in [0.15, 0.2) is 6.29 Å². The van der Waals surface area contributed by atoms with E-state index >= 15 is 0 Å². The highest BCUT2D eigenvalue weighted by Crippen LogP contribution is 2.33. The maximum absolute atomic E-state index is 13.4. The Morgan fingerprint density at radius 2 is 1.89 bits per heavy atom. The first-order chi connectivity index (χ1) is 17.8. The maximum Gasteiger partial charge on any atom is 0.407 e. The Morgan fingerprint density at radius 3 is 2.65 bits per heavy atom. The van der Waals surface area contributed by atoms with Crippen LogP contribution < -0.4 is 11.1 Å². The number of amides is 1. The fourth-order valence-electron chi connectivity index (χ4n) is 5.17. The number of nitrogens with zero attached hydrogens (tertiary/aromatic N) is 1. The molecule has 6 atom stereocenters. The van der Waals surface area contributed by atoms with Gasteiger partial charge < -0.3 is 30.0 Å². The van der Waals surface area contributed by atoms with E-state index in [0.29, 0.717) is 18.7 Å². The largest absolute Gasteiger partial charge is 0.443 e. The van der Waals surface area contributed by atoms with Gasteiger partial charge in [0.25, 0.3) is 0 Å². The van der Waals surface area contributed by atoms with E-state index in [-0.39, 0.29) is 42.9 Å². The monoisotopic (exact) mass is 531 g/mol. The number of fused-ring (bicyclic) bond motifs is 1. The predicted octanol–water partition coefficient (Wildman–Crippen LogP) is 2.15. The lowest BCUT2D eigenvalue weighted by atomic mass is 10.00. The Labute approximate surface area is 217 Å². The minimum Gasteiger partial charge on any atom is -0.443 e. The molecule has 3 aliphatic rings. The third-order valence-electron chi connectivity index (χ3n) is 7.06. The fraction of sp³-hybridized carbons (Fsp3) is 0.500. The standard InChI is InChI=1S/C26H33N3O7S/c1-17-14-29(37(31,32)20-9-7-19(27)8-10-20)15-23(35-17)22(13-18-5-3-2-4-6-18)28-26(30)36-24-16-34-25-21(24)11-12-33-25/h2-10,17,21-25H,11-16,27H2,1H3,(H,28,30)/t17?,21-,22-,23+,24-,25+/m0/s1. The lowest BCUT2D eigenvalue weighted by Gasteiger charge is -2.39. The van der Waals surface area contributed by atoms with Crippen molar-refractivity contribution in [3.05, 3.63) is 60.2 Å². The molecule has 1 unspecified atom stereocenters. The summed E-state index contributed by atoms with van der Waals surface area (Å²) in [4.78, 5) is 13.2. The highest BCUT2D eigenvalue weighted by atomic mass is 32.2. The number of carbonyl (C=O) groups is 1. The fourth-order valence-corrected chi connectivity index (χ4v) is 6.70. The summed E-state index contributed by atoms with van der Waals surface area (Å²) in [5.41, 5.74) is 7.21. The van der Waals surface area contributed by atoms with Gasteiger partial charge >= 0.3 is 6.09 Å². The van der Waals surface area contributed by atoms with E-state index in [1.165, 1.54) is 16.4 Å². The van der Waals surface area contributed by atoms with E-state index in [0.717, 1.165) is 12.0 Å². The third kappa shape index (κ3) is 5.91. The van der Waals surface area contributed by atoms with E-state index in [4.69, 9.17) is 24.7 Å². The Morgan fingerprint density at radius 1 is 1.14 bits per heavy atom. The molecule has 3 saturated heterocycles. The summed E-state index contributed by atoms with van der Waals surface area (Å²) in [5.74, 6) is 0.0184. The summed E-state index contributed by atoms with van der Waals surface area (Å²) in [6, 6.07) is 15.3. The molecule has 2 aromatic rings. The molecule has 0 saturated carbocycles. The number of anilines is 1. The molecule has 3 N–H and O–H groups in total. The van der Waals surface area contributed by atoms with E-state index in [2.05, 4.69) is 5.32 Å². The average Bonchev–Trinajstić information content (AvgIpc) is 3.49. The molecular weight excluding hydrogens is 498 g/mol. The number of nitrogens with one attached hydrogen (secondary N) is 1. The molecule has 200 valence electrons. The Balaban J connectivity index is 1.33. The summed E-state index contributed by atoms with van der Waals surface area (Å²) in [6.07, 6.45) is -1.06. The molecule has 3 heterocycles. The molecule has 37 heavy (non-hydrogen) atoms. The summed E-state index contributed by atoms with van der Waals surface area (Å²) < 4.78 is 51.3. The number of alkyl carbamates (subject to hydrolysis) is 1. The summed E-state index contributed by atoms with van der Waals surface area (Å²) in [5, 5.41) is 2.96. The van der Waals surface area contributed by atoms with Gasteiger partial charge in [0.05, 0.1) is 42.3 Å². The molecule has 0 aliphatic carbocycles. The van der Waals surface area contributed by atoms with Gasteiger partial charge in [-0.1, -0.05) is 30.3 Å². The molecule has 5 rings (SSSR count). The Hall–Kier alpha value is -2.70. The van der Waals surface area contributed by atoms with Crippen molar-refractivity contribution < 1.29 is 32.2 Å². The number of ether oxygens (including phenoxy) is 4. The Bertz CT molecular complexity index is 1180. The molecule has 0 spiro atoms. The zero-order chi connectivity index (χ0) is 26.0. The van der Waals surface area contributed by atoms with Crippen LogP contribution in [0.5, 0.6) is 0 Å². The van der Waals surface area contributed by atoms with Crippen molar-refractivity contribution in [2.45, 2.75) is 55.3 Å². The zero-order valence-electron chi connectivity index (χ0n) is 20.7. The number of rotatable bonds is 7. The molecule has 3 fully saturated rings. The normalized spacial score (nSPS) is 28.9. The number of morpholine rings is 1. The lowest BCUT2D eigenvalue weighted by Crippen LogP contribution is -2.57. The van der Waals surface area contributed by atoms with Crippen molar-refractivity contribution in [2.24, 2.45) is 5.92 Å². The molecule has 1 amide bonds. The second-order valence-corrected chi connectivity index (χ2v) is 11.7. The van der Waals surface area contributed by atoms with Crippen molar-refractivity contribution in [3.63, 3.8) is 0 Å². The first-order valence-electron chi connectivity index (χ1n) is 12.5. The summed E-state index contributed by atoms with van der Waals surface area (Å²) in [6.45, 7) is 2.98. The second kappa shape index (κ2) is 11.0. The van der Waals surface area contributed by atoms with Gasteiger partial charge in [0.1, 0.15) is 6.10 Å². The molecule has 3 aliphatic heterocycles. The van der Waals surface area contributed by atoms with Crippen molar-refractivity contribution in [2.75, 3.05) is 32.0 Å². The lowest BCUT2D eigenvalue weighted by molar-refractivity contribution is -0.0907. The number of nitrogens with two attached hydrogens (primary N) is 1. The number of hydrogen-bond acceptors (Lipinski definition) is 8. The average molecular weight is 532 g/mol. The van der Waals surface area contributed by atoms with Crippen LogP contribution >= 0.6 is 0 Å². The van der Waals surface area contributed by atoms with Crippen LogP contribution in [-0.4, -0.2) is 75.8 Å². The van der Waals surface area contributed by atoms with Crippen LogP contribution in [-0.2, 0) is 35.4 Å². The van der Waals surface area contributed by atoms with Crippen LogP contribution in [0.1, 0.15) is 18.9 Å². The van der Waals surface area contributed by atoms with Gasteiger partial charge in [0.2, 0.25) is 10.0 Å². The smallest absolute Gasteiger partial charge is 0.407 e. The van der Waals surface area contributed by atoms with Crippen molar-refractivity contribution in [1.82, 2.24) is 9.62 Å². The van der Waals surface area contributed by atoms with Crippen molar-refractivity contribution in [3.8, 4) is 0 Å². The predicted molar refractivity (Wildman–Crippen MR) is 135 cm³/mol. The number of sulfonamides is 1. The highest BCUT2D eigenvalue weighted by molar-refractivity contribution is 7.89. The zero-order valence-corrected chi connectivity index (χ0v) is 21.5. The van der Waals surface area contributed by atoms with Gasteiger partial charge in [-0.25, -0.2) is 13.2 Å². The summed E-state index contributed by atoms with van der Waals surface area (Å²) >= 11 is 0. The minimum atomic E-state index is -3.78. The van der Waals surface area contributed by atoms with E-state index in [1.54, 1.807) is 12.1 Å². The quantitative estimate of drug-likeness (QED) is 0.520. The van der Waals surface area contributed by atoms with Crippen LogP contribution in [0, 0.1) is 5.92 Å². The maximum atomic E-state index is 13.4. The van der Waals surface area contributed by atoms with E-state index < -0.39 is 34.4 Å². The van der Waals surface area contributed by atoms with Crippen LogP contribution in [0.2, 0.25) is 0 Å². The van der Waals surface area contributed by atoms with Gasteiger partial charge in [-0.3, -0.25) is 0 Å². The number of hydrogen-bond donors (Lipinski definition) is 2. The van der Waals surface area contributed by atoms with Crippen molar-refractivity contribution in [1.29, 1.82) is 0 Å². The first-order valence-corrected chi connectivity index (χ1v) is 14.0. The molecular formula is C26H33N3O7S. The van der Waals surface area contributed by atoms with Crippen LogP contribution in [0.25, 0.3) is 0 Å². The molecule has 10 nitrogen and oxygen atoms in total. The highest BCUT2D eigenvalue weighted by Gasteiger charge is 2.44. The van der Waals surface area contributed by atoms with E-state index in [9.17, 15) is 13.2 Å². The molecule has 0 aromatic heterocycles. The van der Waals surface area contributed by atoms with Crippen molar-refractivity contribution >= 4 is 21.8 Å². The van der Waals surface area contributed by atoms with E-state index in [1.807, 2.05) is 37.3 Å². The third-order valence-corrected chi connectivity index (χ3v) is 8.91. The Kier molecular flexibility index (Phi) is 7.68. The molecule has 2 aromatic carbocycles.